The van der Waals surface area contributed by atoms with Gasteiger partial charge in [0.15, 0.2) is 0 Å². The molecule has 132 valence electrons. The van der Waals surface area contributed by atoms with Crippen molar-refractivity contribution in [3.63, 3.8) is 0 Å². The molecule has 1 aliphatic rings. The van der Waals surface area contributed by atoms with Crippen molar-refractivity contribution in [2.24, 2.45) is 0 Å². The van der Waals surface area contributed by atoms with Crippen LogP contribution in [0.5, 0.6) is 0 Å². The summed E-state index contributed by atoms with van der Waals surface area (Å²) in [5.74, 6) is -2.98. The Balaban J connectivity index is 0.000000186. The molecule has 1 aliphatic carbocycles. The summed E-state index contributed by atoms with van der Waals surface area (Å²) in [6.45, 7) is 0. The number of rotatable bonds is 4. The Morgan fingerprint density at radius 3 is 1.96 bits per heavy atom. The van der Waals surface area contributed by atoms with Gasteiger partial charge in [0, 0.05) is 10.5 Å². The van der Waals surface area contributed by atoms with Gasteiger partial charge in [0.2, 0.25) is 0 Å². The van der Waals surface area contributed by atoms with Crippen LogP contribution in [-0.4, -0.2) is 28.2 Å². The van der Waals surface area contributed by atoms with Crippen molar-refractivity contribution in [2.75, 3.05) is 5.32 Å². The molecule has 0 saturated heterocycles. The second-order valence-corrected chi connectivity index (χ2v) is 6.20. The molecule has 8 heteroatoms. The molecule has 0 atom stereocenters. The van der Waals surface area contributed by atoms with Gasteiger partial charge < -0.3 is 15.5 Å². The third kappa shape index (κ3) is 5.53. The Bertz CT molecular complexity index is 809. The number of hydrogen-bond acceptors (Lipinski definition) is 3. The third-order valence-electron chi connectivity index (χ3n) is 3.31. The molecule has 5 nitrogen and oxygen atoms in total. The molecule has 2 aromatic rings. The summed E-state index contributed by atoms with van der Waals surface area (Å²) in [6.07, 6.45) is 2.05. The lowest BCUT2D eigenvalue weighted by atomic mass is 10.1. The van der Waals surface area contributed by atoms with Gasteiger partial charge in [-0.25, -0.2) is 18.4 Å². The van der Waals surface area contributed by atoms with Crippen molar-refractivity contribution < 1.29 is 28.6 Å². The minimum Gasteiger partial charge on any atom is -0.478 e. The minimum absolute atomic E-state index is 0.0615. The lowest BCUT2D eigenvalue weighted by Gasteiger charge is -2.07. The molecule has 1 saturated carbocycles. The van der Waals surface area contributed by atoms with Gasteiger partial charge in [-0.3, -0.25) is 0 Å². The number of nitrogens with one attached hydrogen (secondary N) is 1. The smallest absolute Gasteiger partial charge is 0.337 e. The number of halogens is 3. The summed E-state index contributed by atoms with van der Waals surface area (Å²) in [5.41, 5.74) is 0.560. The van der Waals surface area contributed by atoms with E-state index in [4.69, 9.17) is 10.2 Å². The Labute approximate surface area is 150 Å². The van der Waals surface area contributed by atoms with Gasteiger partial charge >= 0.3 is 11.9 Å². The number of carboxylic acids is 2. The first-order chi connectivity index (χ1) is 11.8. The zero-order valence-electron chi connectivity index (χ0n) is 12.8. The first kappa shape index (κ1) is 18.9. The first-order valence-electron chi connectivity index (χ1n) is 7.25. The highest BCUT2D eigenvalue weighted by atomic mass is 79.9. The molecule has 0 radical (unpaired) electrons. The molecule has 0 bridgehead atoms. The van der Waals surface area contributed by atoms with Crippen LogP contribution in [0.3, 0.4) is 0 Å². The van der Waals surface area contributed by atoms with Gasteiger partial charge in [-0.05, 0) is 65.2 Å². The summed E-state index contributed by atoms with van der Waals surface area (Å²) in [6, 6.07) is 7.40. The second kappa shape index (κ2) is 8.06. The number of aromatic carboxylic acids is 2. The third-order valence-corrected chi connectivity index (χ3v) is 3.97. The number of hydrogen-bond donors (Lipinski definition) is 3. The quantitative estimate of drug-likeness (QED) is 0.691. The lowest BCUT2D eigenvalue weighted by molar-refractivity contribution is 0.0686. The fourth-order valence-electron chi connectivity index (χ4n) is 1.93. The average Bonchev–Trinajstić information content (AvgIpc) is 3.31. The van der Waals surface area contributed by atoms with Gasteiger partial charge in [0.25, 0.3) is 0 Å². The normalized spacial score (nSPS) is 12.8. The standard InChI is InChI=1S/C10H10FNO2.C7H4BrFO2/c11-6-1-4-8(10(13)14)9(5-6)12-7-2-3-7;8-6-3-4(9)1-2-5(6)7(10)11/h1,4-5,7,12H,2-3H2,(H,13,14);1-3H,(H,10,11). The van der Waals surface area contributed by atoms with E-state index in [9.17, 15) is 18.4 Å². The molecule has 0 spiro atoms. The fraction of sp³-hybridized carbons (Fsp3) is 0.176. The SMILES string of the molecule is O=C(O)c1ccc(F)cc1Br.O=C(O)c1ccc(F)cc1NC1CC1. The van der Waals surface area contributed by atoms with Crippen molar-refractivity contribution >= 4 is 33.6 Å². The minimum atomic E-state index is -1.07. The highest BCUT2D eigenvalue weighted by Crippen LogP contribution is 2.27. The molecule has 0 aliphatic heterocycles. The first-order valence-corrected chi connectivity index (χ1v) is 8.05. The average molecular weight is 414 g/mol. The maximum Gasteiger partial charge on any atom is 0.337 e. The van der Waals surface area contributed by atoms with Gasteiger partial charge in [0.05, 0.1) is 16.8 Å². The van der Waals surface area contributed by atoms with Crippen molar-refractivity contribution in [2.45, 2.75) is 18.9 Å². The summed E-state index contributed by atoms with van der Waals surface area (Å²) < 4.78 is 25.5. The zero-order valence-corrected chi connectivity index (χ0v) is 14.4. The number of carboxylic acid groups (broad SMARTS) is 2. The van der Waals surface area contributed by atoms with E-state index in [1.807, 2.05) is 0 Å². The van der Waals surface area contributed by atoms with Gasteiger partial charge in [-0.2, -0.15) is 0 Å². The van der Waals surface area contributed by atoms with Crippen LogP contribution in [0.25, 0.3) is 0 Å². The zero-order chi connectivity index (χ0) is 18.6. The molecule has 0 aromatic heterocycles. The van der Waals surface area contributed by atoms with Gasteiger partial charge in [-0.15, -0.1) is 0 Å². The van der Waals surface area contributed by atoms with Crippen LogP contribution in [0, 0.1) is 11.6 Å². The van der Waals surface area contributed by atoms with E-state index in [2.05, 4.69) is 21.2 Å². The van der Waals surface area contributed by atoms with E-state index >= 15 is 0 Å². The summed E-state index contributed by atoms with van der Waals surface area (Å²) >= 11 is 2.93. The molecule has 3 rings (SSSR count). The van der Waals surface area contributed by atoms with Gasteiger partial charge in [0.1, 0.15) is 11.6 Å². The maximum atomic E-state index is 12.8. The fourth-order valence-corrected chi connectivity index (χ4v) is 2.45. The van der Waals surface area contributed by atoms with Crippen LogP contribution in [-0.2, 0) is 0 Å². The molecule has 3 N–H and O–H groups in total. The predicted molar refractivity (Wildman–Crippen MR) is 91.1 cm³/mol. The van der Waals surface area contributed by atoms with Crippen molar-refractivity contribution in [3.05, 3.63) is 63.6 Å². The topological polar surface area (TPSA) is 86.6 Å². The van der Waals surface area contributed by atoms with Crippen LogP contribution < -0.4 is 5.32 Å². The molecule has 1 fully saturated rings. The number of carbonyl (C=O) groups is 2. The largest absolute Gasteiger partial charge is 0.478 e. The number of benzene rings is 2. The van der Waals surface area contributed by atoms with Crippen LogP contribution in [0.2, 0.25) is 0 Å². The van der Waals surface area contributed by atoms with E-state index in [1.54, 1.807) is 0 Å². The lowest BCUT2D eigenvalue weighted by Crippen LogP contribution is -2.08. The summed E-state index contributed by atoms with van der Waals surface area (Å²) in [5, 5.41) is 20.3. The molecular weight excluding hydrogens is 400 g/mol. The molecular formula is C17H14BrF2NO4. The Hall–Kier alpha value is -2.48. The van der Waals surface area contributed by atoms with E-state index in [0.29, 0.717) is 11.7 Å². The molecule has 0 heterocycles. The van der Waals surface area contributed by atoms with Gasteiger partial charge in [-0.1, -0.05) is 0 Å². The van der Waals surface area contributed by atoms with Crippen LogP contribution in [0.1, 0.15) is 33.6 Å². The summed E-state index contributed by atoms with van der Waals surface area (Å²) in [7, 11) is 0. The van der Waals surface area contributed by atoms with Crippen LogP contribution in [0.15, 0.2) is 40.9 Å². The van der Waals surface area contributed by atoms with E-state index in [-0.39, 0.29) is 15.6 Å². The second-order valence-electron chi connectivity index (χ2n) is 5.34. The van der Waals surface area contributed by atoms with Crippen molar-refractivity contribution in [1.29, 1.82) is 0 Å². The predicted octanol–water partition coefficient (Wildman–Crippen LogP) is 4.38. The molecule has 0 amide bonds. The molecule has 0 unspecified atom stereocenters. The highest BCUT2D eigenvalue weighted by Gasteiger charge is 2.23. The molecule has 25 heavy (non-hydrogen) atoms. The van der Waals surface area contributed by atoms with E-state index < -0.39 is 23.6 Å². The van der Waals surface area contributed by atoms with E-state index in [0.717, 1.165) is 31.0 Å². The molecule has 2 aromatic carbocycles. The van der Waals surface area contributed by atoms with Crippen LogP contribution >= 0.6 is 15.9 Å². The summed E-state index contributed by atoms with van der Waals surface area (Å²) in [4.78, 5) is 21.2. The number of anilines is 1. The van der Waals surface area contributed by atoms with E-state index in [1.165, 1.54) is 18.2 Å². The Morgan fingerprint density at radius 1 is 0.960 bits per heavy atom. The van der Waals surface area contributed by atoms with Crippen molar-refractivity contribution in [3.8, 4) is 0 Å². The van der Waals surface area contributed by atoms with Crippen molar-refractivity contribution in [1.82, 2.24) is 0 Å². The monoisotopic (exact) mass is 413 g/mol. The highest BCUT2D eigenvalue weighted by molar-refractivity contribution is 9.10. The Morgan fingerprint density at radius 2 is 1.48 bits per heavy atom. The van der Waals surface area contributed by atoms with Crippen LogP contribution in [0.4, 0.5) is 14.5 Å². The maximum absolute atomic E-state index is 12.8. The Kier molecular flexibility index (Phi) is 6.08.